The molecule has 39 heavy (non-hydrogen) atoms. The maximum absolute atomic E-state index is 15.3. The Hall–Kier alpha value is -3.44. The van der Waals surface area contributed by atoms with Gasteiger partial charge in [0.1, 0.15) is 6.07 Å². The predicted octanol–water partition coefficient (Wildman–Crippen LogP) is 5.27. The van der Waals surface area contributed by atoms with Crippen LogP contribution in [0.25, 0.3) is 11.1 Å². The molecular weight excluding hydrogens is 513 g/mol. The number of anilines is 3. The van der Waals surface area contributed by atoms with E-state index in [0.717, 1.165) is 54.2 Å². The quantitative estimate of drug-likeness (QED) is 0.475. The van der Waals surface area contributed by atoms with Gasteiger partial charge in [-0.25, -0.2) is 4.39 Å². The maximum atomic E-state index is 15.3. The van der Waals surface area contributed by atoms with Crippen molar-refractivity contribution in [3.8, 4) is 17.2 Å². The van der Waals surface area contributed by atoms with E-state index in [-0.39, 0.29) is 5.91 Å². The Bertz CT molecular complexity index is 1470. The van der Waals surface area contributed by atoms with Gasteiger partial charge in [0.25, 0.3) is 0 Å². The van der Waals surface area contributed by atoms with Crippen molar-refractivity contribution in [2.75, 3.05) is 55.6 Å². The van der Waals surface area contributed by atoms with Crippen LogP contribution in [-0.4, -0.2) is 62.3 Å². The monoisotopic (exact) mass is 543 g/mol. The minimum atomic E-state index is -1.15. The molecule has 2 saturated heterocycles. The molecular formula is C31H31ClFN5O. The molecule has 0 spiro atoms. The lowest BCUT2D eigenvalue weighted by atomic mass is 9.84. The lowest BCUT2D eigenvalue weighted by molar-refractivity contribution is -0.121. The highest BCUT2D eigenvalue weighted by Crippen LogP contribution is 2.47. The van der Waals surface area contributed by atoms with Crippen LogP contribution in [-0.2, 0) is 10.2 Å². The molecule has 1 N–H and O–H groups in total. The molecule has 3 aromatic carbocycles. The molecule has 0 unspecified atom stereocenters. The predicted molar refractivity (Wildman–Crippen MR) is 154 cm³/mol. The van der Waals surface area contributed by atoms with Gasteiger partial charge in [-0.3, -0.25) is 14.6 Å². The van der Waals surface area contributed by atoms with Crippen molar-refractivity contribution in [3.63, 3.8) is 0 Å². The Morgan fingerprint density at radius 2 is 1.64 bits per heavy atom. The van der Waals surface area contributed by atoms with Crippen LogP contribution in [0.1, 0.15) is 25.0 Å². The van der Waals surface area contributed by atoms with E-state index in [4.69, 9.17) is 11.6 Å². The number of nitrogens with one attached hydrogen (secondary N) is 1. The van der Waals surface area contributed by atoms with Crippen molar-refractivity contribution in [3.05, 3.63) is 76.8 Å². The van der Waals surface area contributed by atoms with Gasteiger partial charge < -0.3 is 10.2 Å². The van der Waals surface area contributed by atoms with Crippen molar-refractivity contribution in [1.29, 1.82) is 5.26 Å². The normalized spacial score (nSPS) is 19.9. The second-order valence-corrected chi connectivity index (χ2v) is 11.8. The number of piperazine rings is 1. The molecule has 2 fully saturated rings. The summed E-state index contributed by atoms with van der Waals surface area (Å²) in [4.78, 5) is 19.5. The molecule has 0 aliphatic carbocycles. The first-order valence-corrected chi connectivity index (χ1v) is 13.7. The van der Waals surface area contributed by atoms with E-state index in [2.05, 4.69) is 39.4 Å². The second-order valence-electron chi connectivity index (χ2n) is 11.4. The van der Waals surface area contributed by atoms with E-state index in [1.165, 1.54) is 0 Å². The number of hydrogen-bond donors (Lipinski definition) is 1. The van der Waals surface area contributed by atoms with Crippen LogP contribution in [0, 0.1) is 11.3 Å². The third-order valence-electron chi connectivity index (χ3n) is 8.21. The number of hydrogen-bond acceptors (Lipinski definition) is 5. The molecule has 0 aromatic heterocycles. The molecule has 0 atom stereocenters. The molecule has 6 nitrogen and oxygen atoms in total. The number of fused-ring (bicyclic) bond motifs is 1. The van der Waals surface area contributed by atoms with Gasteiger partial charge in [-0.2, -0.15) is 5.26 Å². The van der Waals surface area contributed by atoms with E-state index in [9.17, 15) is 10.1 Å². The van der Waals surface area contributed by atoms with Gasteiger partial charge in [0.15, 0.2) is 5.67 Å². The number of alkyl halides is 1. The topological polar surface area (TPSA) is 62.6 Å². The minimum absolute atomic E-state index is 0.0425. The van der Waals surface area contributed by atoms with Crippen LogP contribution < -0.4 is 15.1 Å². The number of amides is 1. The summed E-state index contributed by atoms with van der Waals surface area (Å²) >= 11 is 6.28. The molecule has 6 rings (SSSR count). The Morgan fingerprint density at radius 1 is 0.974 bits per heavy atom. The lowest BCUT2D eigenvalue weighted by Gasteiger charge is -2.48. The number of halogens is 2. The molecule has 0 bridgehead atoms. The van der Waals surface area contributed by atoms with E-state index in [1.54, 1.807) is 23.1 Å². The first-order chi connectivity index (χ1) is 18.7. The number of carbonyl (C=O) groups is 1. The maximum Gasteiger partial charge on any atom is 0.241 e. The number of nitriles is 1. The van der Waals surface area contributed by atoms with Crippen LogP contribution in [0.3, 0.4) is 0 Å². The highest BCUT2D eigenvalue weighted by atomic mass is 35.5. The molecule has 8 heteroatoms. The van der Waals surface area contributed by atoms with E-state index in [1.807, 2.05) is 38.1 Å². The van der Waals surface area contributed by atoms with Gasteiger partial charge in [-0.05, 0) is 73.0 Å². The fraction of sp³-hybridized carbons (Fsp3) is 0.355. The molecule has 3 aliphatic heterocycles. The third-order valence-corrected chi connectivity index (χ3v) is 8.52. The Labute approximate surface area is 233 Å². The summed E-state index contributed by atoms with van der Waals surface area (Å²) in [6.45, 7) is 8.86. The van der Waals surface area contributed by atoms with Gasteiger partial charge in [0, 0.05) is 38.4 Å². The summed E-state index contributed by atoms with van der Waals surface area (Å²) < 4.78 is 15.3. The smallest absolute Gasteiger partial charge is 0.241 e. The van der Waals surface area contributed by atoms with Gasteiger partial charge in [-0.15, -0.1) is 0 Å². The van der Waals surface area contributed by atoms with Gasteiger partial charge >= 0.3 is 0 Å². The second kappa shape index (κ2) is 9.63. The molecule has 0 radical (unpaired) electrons. The van der Waals surface area contributed by atoms with Crippen LogP contribution >= 0.6 is 11.6 Å². The standard InChI is InChI=1S/C31H31ClFN5O/c1-30(2)26-15-22(6-10-28(26)38(29(30)39)25-9-5-23(17-34)27(32)16-25)21-3-7-24(8-4-21)37-19-31(33,20-37)18-36-13-11-35-12-14-36/h3-10,15-16,35H,11-14,18-20H2,1-2H3. The zero-order chi connectivity index (χ0) is 27.4. The molecule has 1 amide bonds. The average molecular weight is 544 g/mol. The van der Waals surface area contributed by atoms with E-state index < -0.39 is 11.1 Å². The third kappa shape index (κ3) is 4.57. The Morgan fingerprint density at radius 3 is 2.31 bits per heavy atom. The highest BCUT2D eigenvalue weighted by Gasteiger charge is 2.46. The first-order valence-electron chi connectivity index (χ1n) is 13.3. The summed E-state index contributed by atoms with van der Waals surface area (Å²) in [5.41, 5.74) is 3.97. The van der Waals surface area contributed by atoms with Gasteiger partial charge in [0.05, 0.1) is 40.5 Å². The Kier molecular flexibility index (Phi) is 6.38. The van der Waals surface area contributed by atoms with Gasteiger partial charge in [-0.1, -0.05) is 29.8 Å². The summed E-state index contributed by atoms with van der Waals surface area (Å²) in [6.07, 6.45) is 0. The SMILES string of the molecule is CC1(C)C(=O)N(c2ccc(C#N)c(Cl)c2)c2ccc(-c3ccc(N4CC(F)(CN5CCNCC5)C4)cc3)cc21. The van der Waals surface area contributed by atoms with Crippen molar-refractivity contribution >= 4 is 34.6 Å². The molecule has 3 aromatic rings. The molecule has 200 valence electrons. The molecule has 0 saturated carbocycles. The number of carbonyl (C=O) groups excluding carboxylic acids is 1. The number of nitrogens with zero attached hydrogens (tertiary/aromatic N) is 4. The van der Waals surface area contributed by atoms with E-state index >= 15 is 4.39 Å². The van der Waals surface area contributed by atoms with Crippen LogP contribution in [0.4, 0.5) is 21.5 Å². The fourth-order valence-corrected chi connectivity index (χ4v) is 6.18. The highest BCUT2D eigenvalue weighted by molar-refractivity contribution is 6.32. The Balaban J connectivity index is 1.20. The average Bonchev–Trinajstić information content (AvgIpc) is 3.12. The zero-order valence-corrected chi connectivity index (χ0v) is 22.9. The summed E-state index contributed by atoms with van der Waals surface area (Å²) in [7, 11) is 0. The number of rotatable bonds is 5. The van der Waals surface area contributed by atoms with Crippen molar-refractivity contribution in [2.24, 2.45) is 0 Å². The first kappa shape index (κ1) is 25.8. The summed E-state index contributed by atoms with van der Waals surface area (Å²) in [5, 5.41) is 12.9. The van der Waals surface area contributed by atoms with Crippen molar-refractivity contribution in [2.45, 2.75) is 24.9 Å². The largest absolute Gasteiger partial charge is 0.365 e. The minimum Gasteiger partial charge on any atom is -0.365 e. The van der Waals surface area contributed by atoms with Crippen LogP contribution in [0.2, 0.25) is 5.02 Å². The fourth-order valence-electron chi connectivity index (χ4n) is 5.96. The number of benzene rings is 3. The molecule has 3 heterocycles. The summed E-state index contributed by atoms with van der Waals surface area (Å²) in [6, 6.07) is 21.4. The van der Waals surface area contributed by atoms with Crippen molar-refractivity contribution in [1.82, 2.24) is 10.2 Å². The lowest BCUT2D eigenvalue weighted by Crippen LogP contribution is -2.65. The zero-order valence-electron chi connectivity index (χ0n) is 22.2. The molecule has 3 aliphatic rings. The van der Waals surface area contributed by atoms with Crippen LogP contribution in [0.5, 0.6) is 0 Å². The van der Waals surface area contributed by atoms with Crippen molar-refractivity contribution < 1.29 is 9.18 Å². The van der Waals surface area contributed by atoms with Gasteiger partial charge in [0.2, 0.25) is 5.91 Å². The van der Waals surface area contributed by atoms with Crippen LogP contribution in [0.15, 0.2) is 60.7 Å². The van der Waals surface area contributed by atoms with E-state index in [0.29, 0.717) is 35.9 Å². The summed E-state index contributed by atoms with van der Waals surface area (Å²) in [5.74, 6) is -0.0425.